The second-order valence-electron chi connectivity index (χ2n) is 4.70. The monoisotopic (exact) mass is 262 g/mol. The smallest absolute Gasteiger partial charge is 0.321 e. The maximum absolute atomic E-state index is 8.91. The lowest BCUT2D eigenvalue weighted by atomic mass is 10.1. The Hall–Kier alpha value is -1.87. The summed E-state index contributed by atoms with van der Waals surface area (Å²) in [6.45, 7) is 3.09. The SMILES string of the molecule is COc1cc(C#N)nc(O[C@@H](C)[C@@H]2CCCN2C)n1. The third-order valence-corrected chi connectivity index (χ3v) is 3.42. The summed E-state index contributed by atoms with van der Waals surface area (Å²) in [5, 5.41) is 8.91. The molecule has 1 saturated heterocycles. The Labute approximate surface area is 113 Å². The summed E-state index contributed by atoms with van der Waals surface area (Å²) < 4.78 is 10.8. The number of hydrogen-bond donors (Lipinski definition) is 0. The first-order valence-electron chi connectivity index (χ1n) is 6.34. The number of hydrogen-bond acceptors (Lipinski definition) is 6. The van der Waals surface area contributed by atoms with E-state index in [9.17, 15) is 0 Å². The van der Waals surface area contributed by atoms with Gasteiger partial charge in [-0.15, -0.1) is 0 Å². The van der Waals surface area contributed by atoms with Gasteiger partial charge in [-0.1, -0.05) is 0 Å². The molecule has 0 saturated carbocycles. The fourth-order valence-electron chi connectivity index (χ4n) is 2.39. The van der Waals surface area contributed by atoms with E-state index in [0.29, 0.717) is 11.9 Å². The van der Waals surface area contributed by atoms with Gasteiger partial charge in [0.2, 0.25) is 5.88 Å². The molecule has 0 amide bonds. The van der Waals surface area contributed by atoms with Crippen LogP contribution in [0.25, 0.3) is 0 Å². The van der Waals surface area contributed by atoms with Crippen LogP contribution in [0.3, 0.4) is 0 Å². The molecule has 1 aromatic heterocycles. The number of methoxy groups -OCH3 is 1. The lowest BCUT2D eigenvalue weighted by Crippen LogP contribution is -2.38. The highest BCUT2D eigenvalue weighted by atomic mass is 16.5. The van der Waals surface area contributed by atoms with Crippen molar-refractivity contribution >= 4 is 0 Å². The van der Waals surface area contributed by atoms with E-state index in [2.05, 4.69) is 21.9 Å². The topological polar surface area (TPSA) is 71.3 Å². The molecule has 0 radical (unpaired) electrons. The average Bonchev–Trinajstić information content (AvgIpc) is 2.84. The number of likely N-dealkylation sites (N-methyl/N-ethyl adjacent to an activating group) is 1. The van der Waals surface area contributed by atoms with Crippen LogP contribution in [-0.2, 0) is 0 Å². The van der Waals surface area contributed by atoms with Gasteiger partial charge in [-0.3, -0.25) is 4.90 Å². The Morgan fingerprint density at radius 3 is 2.89 bits per heavy atom. The van der Waals surface area contributed by atoms with E-state index in [1.165, 1.54) is 19.6 Å². The van der Waals surface area contributed by atoms with Gasteiger partial charge in [-0.2, -0.15) is 15.2 Å². The normalized spacial score (nSPS) is 20.8. The molecule has 0 spiro atoms. The molecule has 1 aromatic rings. The summed E-state index contributed by atoms with van der Waals surface area (Å²) in [6.07, 6.45) is 2.26. The first-order chi connectivity index (χ1) is 9.13. The van der Waals surface area contributed by atoms with Crippen LogP contribution in [0.5, 0.6) is 11.9 Å². The summed E-state index contributed by atoms with van der Waals surface area (Å²) >= 11 is 0. The highest BCUT2D eigenvalue weighted by molar-refractivity contribution is 5.27. The minimum Gasteiger partial charge on any atom is -0.481 e. The third kappa shape index (κ3) is 3.12. The van der Waals surface area contributed by atoms with Gasteiger partial charge < -0.3 is 9.47 Å². The maximum atomic E-state index is 8.91. The predicted octanol–water partition coefficient (Wildman–Crippen LogP) is 1.22. The van der Waals surface area contributed by atoms with Crippen LogP contribution in [0, 0.1) is 11.3 Å². The zero-order chi connectivity index (χ0) is 13.8. The van der Waals surface area contributed by atoms with Crippen LogP contribution in [0.1, 0.15) is 25.5 Å². The molecule has 1 fully saturated rings. The second-order valence-corrected chi connectivity index (χ2v) is 4.70. The van der Waals surface area contributed by atoms with Crippen molar-refractivity contribution in [3.63, 3.8) is 0 Å². The van der Waals surface area contributed by atoms with Gasteiger partial charge in [0.05, 0.1) is 7.11 Å². The minimum atomic E-state index is -0.0221. The molecule has 0 aliphatic carbocycles. The van der Waals surface area contributed by atoms with Crippen LogP contribution in [0.4, 0.5) is 0 Å². The van der Waals surface area contributed by atoms with Gasteiger partial charge in [-0.05, 0) is 33.4 Å². The summed E-state index contributed by atoms with van der Waals surface area (Å²) in [6, 6.07) is 4.02. The quantitative estimate of drug-likeness (QED) is 0.812. The van der Waals surface area contributed by atoms with Crippen LogP contribution in [0.2, 0.25) is 0 Å². The fourth-order valence-corrected chi connectivity index (χ4v) is 2.39. The van der Waals surface area contributed by atoms with Gasteiger partial charge in [-0.25, -0.2) is 0 Å². The van der Waals surface area contributed by atoms with E-state index in [4.69, 9.17) is 14.7 Å². The fraction of sp³-hybridized carbons (Fsp3) is 0.615. The van der Waals surface area contributed by atoms with E-state index in [1.807, 2.05) is 13.0 Å². The second kappa shape index (κ2) is 5.85. The zero-order valence-corrected chi connectivity index (χ0v) is 11.5. The van der Waals surface area contributed by atoms with Gasteiger partial charge in [0.1, 0.15) is 12.2 Å². The van der Waals surface area contributed by atoms with Crippen LogP contribution < -0.4 is 9.47 Å². The van der Waals surface area contributed by atoms with Crippen molar-refractivity contribution in [1.82, 2.24) is 14.9 Å². The Bertz CT molecular complexity index is 486. The van der Waals surface area contributed by atoms with Gasteiger partial charge >= 0.3 is 6.01 Å². The number of nitrogens with zero attached hydrogens (tertiary/aromatic N) is 4. The number of ether oxygens (including phenoxy) is 2. The summed E-state index contributed by atoms with van der Waals surface area (Å²) in [7, 11) is 3.59. The first kappa shape index (κ1) is 13.6. The van der Waals surface area contributed by atoms with E-state index in [-0.39, 0.29) is 17.8 Å². The van der Waals surface area contributed by atoms with E-state index in [1.54, 1.807) is 0 Å². The third-order valence-electron chi connectivity index (χ3n) is 3.42. The lowest BCUT2D eigenvalue weighted by Gasteiger charge is -2.25. The Kier molecular flexibility index (Phi) is 4.17. The number of nitriles is 1. The molecule has 1 aliphatic heterocycles. The summed E-state index contributed by atoms with van der Waals surface area (Å²) in [5.74, 6) is 0.341. The number of likely N-dealkylation sites (tertiary alicyclic amines) is 1. The molecule has 2 rings (SSSR count). The van der Waals surface area contributed by atoms with Crippen molar-refractivity contribution in [3.05, 3.63) is 11.8 Å². The zero-order valence-electron chi connectivity index (χ0n) is 11.5. The highest BCUT2D eigenvalue weighted by Gasteiger charge is 2.28. The molecule has 0 unspecified atom stereocenters. The standard InChI is InChI=1S/C13H18N4O2/c1-9(11-5-4-6-17(11)2)19-13-15-10(8-14)7-12(16-13)18-3/h7,9,11H,4-6H2,1-3H3/t9-,11-/m0/s1. The summed E-state index contributed by atoms with van der Waals surface area (Å²) in [4.78, 5) is 10.4. The lowest BCUT2D eigenvalue weighted by molar-refractivity contribution is 0.111. The molecule has 0 N–H and O–H groups in total. The van der Waals surface area contributed by atoms with Crippen molar-refractivity contribution in [3.8, 4) is 18.0 Å². The molecule has 19 heavy (non-hydrogen) atoms. The van der Waals surface area contributed by atoms with Crippen molar-refractivity contribution in [2.45, 2.75) is 31.9 Å². The van der Waals surface area contributed by atoms with E-state index >= 15 is 0 Å². The maximum Gasteiger partial charge on any atom is 0.321 e. The van der Waals surface area contributed by atoms with Crippen molar-refractivity contribution in [2.24, 2.45) is 0 Å². The molecule has 1 aliphatic rings. The first-order valence-corrected chi connectivity index (χ1v) is 6.34. The molecular weight excluding hydrogens is 244 g/mol. The van der Waals surface area contributed by atoms with E-state index < -0.39 is 0 Å². The number of rotatable bonds is 4. The van der Waals surface area contributed by atoms with Crippen molar-refractivity contribution in [1.29, 1.82) is 5.26 Å². The van der Waals surface area contributed by atoms with Gasteiger partial charge in [0.25, 0.3) is 0 Å². The molecule has 0 bridgehead atoms. The number of aromatic nitrogens is 2. The molecule has 2 atom stereocenters. The molecule has 102 valence electrons. The Morgan fingerprint density at radius 1 is 1.53 bits per heavy atom. The predicted molar refractivity (Wildman–Crippen MR) is 69.0 cm³/mol. The Balaban J connectivity index is 2.12. The molecular formula is C13H18N4O2. The molecule has 6 nitrogen and oxygen atoms in total. The molecule has 0 aromatic carbocycles. The molecule has 6 heteroatoms. The van der Waals surface area contributed by atoms with Gasteiger partial charge in [0.15, 0.2) is 5.69 Å². The molecule has 2 heterocycles. The minimum absolute atomic E-state index is 0.0221. The summed E-state index contributed by atoms with van der Waals surface area (Å²) in [5.41, 5.74) is 0.244. The van der Waals surface area contributed by atoms with E-state index in [0.717, 1.165) is 13.0 Å². The average molecular weight is 262 g/mol. The van der Waals surface area contributed by atoms with Crippen LogP contribution >= 0.6 is 0 Å². The van der Waals surface area contributed by atoms with Crippen LogP contribution in [-0.4, -0.2) is 47.7 Å². The van der Waals surface area contributed by atoms with Crippen LogP contribution in [0.15, 0.2) is 6.07 Å². The Morgan fingerprint density at radius 2 is 2.32 bits per heavy atom. The van der Waals surface area contributed by atoms with Gasteiger partial charge in [0, 0.05) is 12.1 Å². The van der Waals surface area contributed by atoms with Crippen molar-refractivity contribution in [2.75, 3.05) is 20.7 Å². The highest BCUT2D eigenvalue weighted by Crippen LogP contribution is 2.22. The largest absolute Gasteiger partial charge is 0.481 e. The van der Waals surface area contributed by atoms with Crippen molar-refractivity contribution < 1.29 is 9.47 Å².